The maximum absolute atomic E-state index is 10.6. The van der Waals surface area contributed by atoms with Gasteiger partial charge < -0.3 is 14.7 Å². The SMILES string of the molecule is COc1cccc([C@@](C)(O)C(C)CN(C)C)c1. The molecule has 1 aromatic rings. The summed E-state index contributed by atoms with van der Waals surface area (Å²) >= 11 is 0. The van der Waals surface area contributed by atoms with Gasteiger partial charge >= 0.3 is 0 Å². The molecular formula is C14H23NO2. The number of methoxy groups -OCH3 is 1. The summed E-state index contributed by atoms with van der Waals surface area (Å²) in [6.45, 7) is 4.75. The molecule has 0 spiro atoms. The molecule has 1 N–H and O–H groups in total. The van der Waals surface area contributed by atoms with Crippen LogP contribution in [0.4, 0.5) is 0 Å². The Hall–Kier alpha value is -1.06. The molecule has 0 fully saturated rings. The predicted octanol–water partition coefficient (Wildman–Crippen LogP) is 2.10. The Balaban J connectivity index is 2.94. The van der Waals surface area contributed by atoms with Crippen LogP contribution in [0.15, 0.2) is 24.3 Å². The lowest BCUT2D eigenvalue weighted by atomic mass is 9.83. The van der Waals surface area contributed by atoms with Gasteiger partial charge in [0.25, 0.3) is 0 Å². The van der Waals surface area contributed by atoms with E-state index < -0.39 is 5.60 Å². The Labute approximate surface area is 104 Å². The second kappa shape index (κ2) is 5.52. The number of aliphatic hydroxyl groups is 1. The van der Waals surface area contributed by atoms with E-state index in [4.69, 9.17) is 4.74 Å². The van der Waals surface area contributed by atoms with Crippen LogP contribution in [-0.2, 0) is 5.60 Å². The van der Waals surface area contributed by atoms with Crippen LogP contribution >= 0.6 is 0 Å². The van der Waals surface area contributed by atoms with Crippen LogP contribution in [-0.4, -0.2) is 37.8 Å². The Kier molecular flexibility index (Phi) is 4.54. The molecule has 0 aromatic heterocycles. The summed E-state index contributed by atoms with van der Waals surface area (Å²) in [7, 11) is 5.66. The minimum absolute atomic E-state index is 0.143. The van der Waals surface area contributed by atoms with Crippen molar-refractivity contribution in [1.29, 1.82) is 0 Å². The van der Waals surface area contributed by atoms with E-state index >= 15 is 0 Å². The summed E-state index contributed by atoms with van der Waals surface area (Å²) in [5.74, 6) is 0.921. The first-order chi connectivity index (χ1) is 7.87. The van der Waals surface area contributed by atoms with Gasteiger partial charge in [-0.25, -0.2) is 0 Å². The molecule has 1 unspecified atom stereocenters. The molecule has 0 heterocycles. The molecule has 0 aliphatic carbocycles. The highest BCUT2D eigenvalue weighted by molar-refractivity contribution is 5.32. The number of rotatable bonds is 5. The molecule has 1 aromatic carbocycles. The predicted molar refractivity (Wildman–Crippen MR) is 70.3 cm³/mol. The van der Waals surface area contributed by atoms with Gasteiger partial charge in [-0.05, 0) is 38.7 Å². The van der Waals surface area contributed by atoms with E-state index in [-0.39, 0.29) is 5.92 Å². The fourth-order valence-electron chi connectivity index (χ4n) is 1.95. The second-order valence-electron chi connectivity index (χ2n) is 5.04. The third kappa shape index (κ3) is 3.45. The summed E-state index contributed by atoms with van der Waals surface area (Å²) in [5, 5.41) is 10.6. The first kappa shape index (κ1) is 14.0. The second-order valence-corrected chi connectivity index (χ2v) is 5.04. The molecule has 0 saturated carbocycles. The number of hydrogen-bond acceptors (Lipinski definition) is 3. The van der Waals surface area contributed by atoms with Gasteiger partial charge in [-0.15, -0.1) is 0 Å². The maximum Gasteiger partial charge on any atom is 0.119 e. The lowest BCUT2D eigenvalue weighted by Gasteiger charge is -2.32. The number of benzene rings is 1. The van der Waals surface area contributed by atoms with Gasteiger partial charge in [0.15, 0.2) is 0 Å². The zero-order chi connectivity index (χ0) is 13.1. The molecule has 0 saturated heterocycles. The summed E-state index contributed by atoms with van der Waals surface area (Å²) < 4.78 is 5.19. The fraction of sp³-hybridized carbons (Fsp3) is 0.571. The smallest absolute Gasteiger partial charge is 0.119 e. The largest absolute Gasteiger partial charge is 0.497 e. The molecule has 17 heavy (non-hydrogen) atoms. The Morgan fingerprint density at radius 3 is 2.59 bits per heavy atom. The average molecular weight is 237 g/mol. The van der Waals surface area contributed by atoms with Crippen molar-refractivity contribution in [2.24, 2.45) is 5.92 Å². The third-order valence-corrected chi connectivity index (χ3v) is 3.25. The van der Waals surface area contributed by atoms with E-state index in [0.717, 1.165) is 17.9 Å². The number of hydrogen-bond donors (Lipinski definition) is 1. The van der Waals surface area contributed by atoms with Crippen LogP contribution in [0.25, 0.3) is 0 Å². The van der Waals surface area contributed by atoms with Crippen molar-refractivity contribution >= 4 is 0 Å². The maximum atomic E-state index is 10.6. The Morgan fingerprint density at radius 2 is 2.06 bits per heavy atom. The van der Waals surface area contributed by atoms with Crippen molar-refractivity contribution in [1.82, 2.24) is 4.90 Å². The molecule has 0 amide bonds. The van der Waals surface area contributed by atoms with Crippen molar-refractivity contribution < 1.29 is 9.84 Å². The van der Waals surface area contributed by atoms with Gasteiger partial charge in [0.1, 0.15) is 5.75 Å². The first-order valence-corrected chi connectivity index (χ1v) is 5.89. The van der Waals surface area contributed by atoms with Crippen LogP contribution in [0.1, 0.15) is 19.4 Å². The van der Waals surface area contributed by atoms with E-state index in [1.807, 2.05) is 45.3 Å². The van der Waals surface area contributed by atoms with E-state index in [9.17, 15) is 5.11 Å². The number of ether oxygens (including phenoxy) is 1. The van der Waals surface area contributed by atoms with E-state index in [0.29, 0.717) is 0 Å². The zero-order valence-electron chi connectivity index (χ0n) is 11.4. The van der Waals surface area contributed by atoms with E-state index in [1.54, 1.807) is 7.11 Å². The van der Waals surface area contributed by atoms with Crippen molar-refractivity contribution in [3.63, 3.8) is 0 Å². The zero-order valence-corrected chi connectivity index (χ0v) is 11.4. The molecule has 0 bridgehead atoms. The normalized spacial score (nSPS) is 16.6. The summed E-state index contributed by atoms with van der Waals surface area (Å²) in [6, 6.07) is 7.63. The van der Waals surface area contributed by atoms with Crippen molar-refractivity contribution in [2.45, 2.75) is 19.4 Å². The average Bonchev–Trinajstić information content (AvgIpc) is 2.28. The molecular weight excluding hydrogens is 214 g/mol. The van der Waals surface area contributed by atoms with Crippen molar-refractivity contribution in [2.75, 3.05) is 27.7 Å². The molecule has 2 atom stereocenters. The molecule has 1 rings (SSSR count). The Bertz CT molecular complexity index is 361. The minimum atomic E-state index is -0.848. The fourth-order valence-corrected chi connectivity index (χ4v) is 1.95. The highest BCUT2D eigenvalue weighted by Gasteiger charge is 2.30. The summed E-state index contributed by atoms with van der Waals surface area (Å²) in [4.78, 5) is 2.08. The first-order valence-electron chi connectivity index (χ1n) is 5.89. The van der Waals surface area contributed by atoms with Crippen LogP contribution in [0, 0.1) is 5.92 Å². The minimum Gasteiger partial charge on any atom is -0.497 e. The highest BCUT2D eigenvalue weighted by atomic mass is 16.5. The van der Waals surface area contributed by atoms with E-state index in [2.05, 4.69) is 11.8 Å². The molecule has 0 aliphatic rings. The van der Waals surface area contributed by atoms with Gasteiger partial charge in [0.2, 0.25) is 0 Å². The Morgan fingerprint density at radius 1 is 1.41 bits per heavy atom. The monoisotopic (exact) mass is 237 g/mol. The lowest BCUT2D eigenvalue weighted by molar-refractivity contribution is -0.00792. The van der Waals surface area contributed by atoms with Crippen molar-refractivity contribution in [3.05, 3.63) is 29.8 Å². The molecule has 0 aliphatic heterocycles. The van der Waals surface area contributed by atoms with Crippen molar-refractivity contribution in [3.8, 4) is 5.75 Å². The van der Waals surface area contributed by atoms with Crippen LogP contribution in [0.5, 0.6) is 5.75 Å². The van der Waals surface area contributed by atoms with Crippen LogP contribution in [0.2, 0.25) is 0 Å². The van der Waals surface area contributed by atoms with Gasteiger partial charge in [0, 0.05) is 12.5 Å². The molecule has 0 radical (unpaired) electrons. The van der Waals surface area contributed by atoms with Gasteiger partial charge in [-0.3, -0.25) is 0 Å². The van der Waals surface area contributed by atoms with E-state index in [1.165, 1.54) is 0 Å². The summed E-state index contributed by atoms with van der Waals surface area (Å²) in [6.07, 6.45) is 0. The topological polar surface area (TPSA) is 32.7 Å². The van der Waals surface area contributed by atoms with Gasteiger partial charge in [-0.2, -0.15) is 0 Å². The highest BCUT2D eigenvalue weighted by Crippen LogP contribution is 2.31. The summed E-state index contributed by atoms with van der Waals surface area (Å²) in [5.41, 5.74) is 0.0462. The van der Waals surface area contributed by atoms with Gasteiger partial charge in [0.05, 0.1) is 12.7 Å². The quantitative estimate of drug-likeness (QED) is 0.851. The van der Waals surface area contributed by atoms with Gasteiger partial charge in [-0.1, -0.05) is 19.1 Å². The van der Waals surface area contributed by atoms with Crippen LogP contribution in [0.3, 0.4) is 0 Å². The molecule has 96 valence electrons. The lowest BCUT2D eigenvalue weighted by Crippen LogP contribution is -2.36. The van der Waals surface area contributed by atoms with Crippen LogP contribution < -0.4 is 4.74 Å². The third-order valence-electron chi connectivity index (χ3n) is 3.25. The molecule has 3 heteroatoms. The number of nitrogens with zero attached hydrogens (tertiary/aromatic N) is 1. The standard InChI is InChI=1S/C14H23NO2/c1-11(10-15(3)4)14(2,16)12-7-6-8-13(9-12)17-5/h6-9,11,16H,10H2,1-5H3/t11?,14-/m0/s1. The molecule has 3 nitrogen and oxygen atoms in total.